The fourth-order valence-corrected chi connectivity index (χ4v) is 3.88. The van der Waals surface area contributed by atoms with Crippen LogP contribution in [0.25, 0.3) is 16.3 Å². The molecule has 0 saturated heterocycles. The first kappa shape index (κ1) is 20.1. The van der Waals surface area contributed by atoms with E-state index in [-0.39, 0.29) is 0 Å². The van der Waals surface area contributed by atoms with Gasteiger partial charge in [-0.15, -0.1) is 16.4 Å². The Labute approximate surface area is 181 Å². The number of anilines is 1. The van der Waals surface area contributed by atoms with Crippen LogP contribution in [0.1, 0.15) is 11.3 Å². The van der Waals surface area contributed by atoms with Gasteiger partial charge in [0.2, 0.25) is 4.96 Å². The van der Waals surface area contributed by atoms with Crippen molar-refractivity contribution in [2.75, 3.05) is 11.9 Å². The number of carbonyl (C=O) groups is 2. The zero-order valence-electron chi connectivity index (χ0n) is 16.1. The van der Waals surface area contributed by atoms with Crippen LogP contribution in [-0.4, -0.2) is 33.0 Å². The van der Waals surface area contributed by atoms with Crippen LogP contribution in [0.4, 0.5) is 5.69 Å². The summed E-state index contributed by atoms with van der Waals surface area (Å²) in [6.07, 6.45) is 0.521. The highest BCUT2D eigenvalue weighted by Crippen LogP contribution is 2.22. The summed E-state index contributed by atoms with van der Waals surface area (Å²) in [6, 6.07) is 14.6. The van der Waals surface area contributed by atoms with Gasteiger partial charge in [-0.1, -0.05) is 29.8 Å². The van der Waals surface area contributed by atoms with Crippen LogP contribution in [0.5, 0.6) is 0 Å². The molecule has 0 unspecified atom stereocenters. The van der Waals surface area contributed by atoms with Crippen molar-refractivity contribution in [3.05, 3.63) is 70.2 Å². The summed E-state index contributed by atoms with van der Waals surface area (Å²) in [5.41, 5.74) is 3.29. The van der Waals surface area contributed by atoms with E-state index >= 15 is 0 Å². The quantitative estimate of drug-likeness (QED) is 0.464. The first-order chi connectivity index (χ1) is 14.5. The molecule has 0 aliphatic rings. The molecule has 9 heteroatoms. The lowest BCUT2D eigenvalue weighted by Gasteiger charge is -2.08. The van der Waals surface area contributed by atoms with E-state index in [1.54, 1.807) is 28.8 Å². The number of aryl methyl sites for hydroxylation is 1. The third kappa shape index (κ3) is 4.34. The molecule has 2 aromatic carbocycles. The van der Waals surface area contributed by atoms with E-state index in [2.05, 4.69) is 20.7 Å². The molecule has 0 atom stereocenters. The van der Waals surface area contributed by atoms with Crippen molar-refractivity contribution in [3.8, 4) is 11.4 Å². The lowest BCUT2D eigenvalue weighted by molar-refractivity contribution is -0.136. The molecule has 4 rings (SSSR count). The fraction of sp³-hybridized carbons (Fsp3) is 0.143. The number of aromatic nitrogens is 3. The first-order valence-electron chi connectivity index (χ1n) is 9.25. The Kier molecular flexibility index (Phi) is 5.78. The summed E-state index contributed by atoms with van der Waals surface area (Å²) >= 11 is 7.41. The van der Waals surface area contributed by atoms with Crippen LogP contribution in [-0.2, 0) is 16.0 Å². The van der Waals surface area contributed by atoms with E-state index < -0.39 is 11.8 Å². The third-order valence-corrected chi connectivity index (χ3v) is 5.64. The van der Waals surface area contributed by atoms with Crippen LogP contribution < -0.4 is 10.6 Å². The van der Waals surface area contributed by atoms with Gasteiger partial charge in [-0.3, -0.25) is 9.59 Å². The maximum Gasteiger partial charge on any atom is 0.313 e. The molecule has 2 N–H and O–H groups in total. The Balaban J connectivity index is 1.37. The number of nitrogens with zero attached hydrogens (tertiary/aromatic N) is 3. The largest absolute Gasteiger partial charge is 0.347 e. The molecule has 0 aliphatic heterocycles. The van der Waals surface area contributed by atoms with Crippen molar-refractivity contribution in [2.24, 2.45) is 0 Å². The standard InChI is InChI=1S/C21H18ClN5O2S/c1-13-4-2-3-5-17(13)24-20(29)19(28)23-11-10-16-12-30-21-25-18(26-27(16)21)14-6-8-15(22)9-7-14/h2-9,12H,10-11H2,1H3,(H,23,28)(H,24,29). The Morgan fingerprint density at radius 1 is 1.10 bits per heavy atom. The van der Waals surface area contributed by atoms with Gasteiger partial charge in [-0.2, -0.15) is 4.98 Å². The lowest BCUT2D eigenvalue weighted by atomic mass is 10.2. The van der Waals surface area contributed by atoms with Crippen molar-refractivity contribution in [2.45, 2.75) is 13.3 Å². The number of hydrogen-bond donors (Lipinski definition) is 2. The predicted octanol–water partition coefficient (Wildman–Crippen LogP) is 3.72. The van der Waals surface area contributed by atoms with Crippen LogP contribution in [0, 0.1) is 6.92 Å². The Morgan fingerprint density at radius 3 is 2.63 bits per heavy atom. The number of benzene rings is 2. The van der Waals surface area contributed by atoms with E-state index in [9.17, 15) is 9.59 Å². The van der Waals surface area contributed by atoms with Crippen LogP contribution in [0.15, 0.2) is 53.9 Å². The average molecular weight is 440 g/mol. The minimum absolute atomic E-state index is 0.308. The summed E-state index contributed by atoms with van der Waals surface area (Å²) in [5.74, 6) is -0.753. The zero-order chi connectivity index (χ0) is 21.1. The van der Waals surface area contributed by atoms with Gasteiger partial charge in [-0.25, -0.2) is 4.52 Å². The van der Waals surface area contributed by atoms with Gasteiger partial charge < -0.3 is 10.6 Å². The van der Waals surface area contributed by atoms with Gasteiger partial charge in [0.25, 0.3) is 0 Å². The molecule has 4 aromatic rings. The number of carbonyl (C=O) groups excluding carboxylic acids is 2. The monoisotopic (exact) mass is 439 g/mol. The predicted molar refractivity (Wildman–Crippen MR) is 118 cm³/mol. The summed E-state index contributed by atoms with van der Waals surface area (Å²) in [5, 5.41) is 12.4. The Morgan fingerprint density at radius 2 is 1.87 bits per heavy atom. The molecular formula is C21H18ClN5O2S. The molecule has 0 bridgehead atoms. The average Bonchev–Trinajstić information content (AvgIpc) is 3.32. The van der Waals surface area contributed by atoms with Crippen molar-refractivity contribution < 1.29 is 9.59 Å². The van der Waals surface area contributed by atoms with Gasteiger partial charge in [-0.05, 0) is 42.8 Å². The molecule has 30 heavy (non-hydrogen) atoms. The molecule has 2 heterocycles. The van der Waals surface area contributed by atoms with Gasteiger partial charge in [0, 0.05) is 34.6 Å². The molecule has 0 saturated carbocycles. The third-order valence-electron chi connectivity index (χ3n) is 4.52. The first-order valence-corrected chi connectivity index (χ1v) is 10.5. The second-order valence-corrected chi connectivity index (χ2v) is 7.91. The molecule has 0 radical (unpaired) electrons. The highest BCUT2D eigenvalue weighted by molar-refractivity contribution is 7.15. The van der Waals surface area contributed by atoms with Crippen molar-refractivity contribution >= 4 is 45.4 Å². The van der Waals surface area contributed by atoms with Crippen molar-refractivity contribution in [1.82, 2.24) is 19.9 Å². The van der Waals surface area contributed by atoms with Gasteiger partial charge in [0.15, 0.2) is 5.82 Å². The zero-order valence-corrected chi connectivity index (χ0v) is 17.6. The summed E-state index contributed by atoms with van der Waals surface area (Å²) in [7, 11) is 0. The number of hydrogen-bond acceptors (Lipinski definition) is 5. The topological polar surface area (TPSA) is 88.4 Å². The van der Waals surface area contributed by atoms with E-state index in [4.69, 9.17) is 11.6 Å². The van der Waals surface area contributed by atoms with Crippen LogP contribution in [0.3, 0.4) is 0 Å². The SMILES string of the molecule is Cc1ccccc1NC(=O)C(=O)NCCc1csc2nc(-c3ccc(Cl)cc3)nn12. The molecule has 0 spiro atoms. The highest BCUT2D eigenvalue weighted by Gasteiger charge is 2.15. The van der Waals surface area contributed by atoms with E-state index in [0.29, 0.717) is 29.5 Å². The molecular weight excluding hydrogens is 422 g/mol. The van der Waals surface area contributed by atoms with E-state index in [1.807, 2.05) is 36.6 Å². The van der Waals surface area contributed by atoms with Gasteiger partial charge in [0.1, 0.15) is 0 Å². The van der Waals surface area contributed by atoms with Crippen molar-refractivity contribution in [1.29, 1.82) is 0 Å². The number of fused-ring (bicyclic) bond motifs is 1. The molecule has 0 fully saturated rings. The minimum Gasteiger partial charge on any atom is -0.347 e. The molecule has 2 amide bonds. The lowest BCUT2D eigenvalue weighted by Crippen LogP contribution is -2.36. The number of rotatable bonds is 5. The van der Waals surface area contributed by atoms with E-state index in [0.717, 1.165) is 21.8 Å². The summed E-state index contributed by atoms with van der Waals surface area (Å²) < 4.78 is 1.76. The maximum absolute atomic E-state index is 12.1. The number of amides is 2. The Bertz CT molecular complexity index is 1220. The highest BCUT2D eigenvalue weighted by atomic mass is 35.5. The normalized spacial score (nSPS) is 10.9. The molecule has 7 nitrogen and oxygen atoms in total. The molecule has 152 valence electrons. The number of para-hydroxylation sites is 1. The number of nitrogens with one attached hydrogen (secondary N) is 2. The maximum atomic E-state index is 12.1. The van der Waals surface area contributed by atoms with Crippen molar-refractivity contribution in [3.63, 3.8) is 0 Å². The number of thiazole rings is 1. The van der Waals surface area contributed by atoms with E-state index in [1.165, 1.54) is 11.3 Å². The second-order valence-electron chi connectivity index (χ2n) is 6.64. The van der Waals surface area contributed by atoms with Crippen LogP contribution in [0.2, 0.25) is 5.02 Å². The fourth-order valence-electron chi connectivity index (χ4n) is 2.89. The Hall–Kier alpha value is -3.23. The van der Waals surface area contributed by atoms with Gasteiger partial charge in [0.05, 0.1) is 5.69 Å². The van der Waals surface area contributed by atoms with Crippen LogP contribution >= 0.6 is 22.9 Å². The smallest absolute Gasteiger partial charge is 0.313 e. The summed E-state index contributed by atoms with van der Waals surface area (Å²) in [6.45, 7) is 2.17. The second kappa shape index (κ2) is 8.64. The molecule has 2 aromatic heterocycles. The molecule has 0 aliphatic carbocycles. The number of halogens is 1. The summed E-state index contributed by atoms with van der Waals surface area (Å²) in [4.78, 5) is 29.5. The minimum atomic E-state index is -0.689. The van der Waals surface area contributed by atoms with Gasteiger partial charge >= 0.3 is 11.8 Å².